The first-order chi connectivity index (χ1) is 5.27. The lowest BCUT2D eigenvalue weighted by atomic mass is 10.1. The van der Waals surface area contributed by atoms with Gasteiger partial charge in [0.05, 0.1) is 0 Å². The van der Waals surface area contributed by atoms with Gasteiger partial charge in [0.2, 0.25) is 5.88 Å². The van der Waals surface area contributed by atoms with E-state index < -0.39 is 0 Å². The van der Waals surface area contributed by atoms with Gasteiger partial charge in [-0.15, -0.1) is 0 Å². The zero-order chi connectivity index (χ0) is 7.84. The molecule has 0 saturated heterocycles. The molecule has 0 fully saturated rings. The predicted octanol–water partition coefficient (Wildman–Crippen LogP) is 0.245. The van der Waals surface area contributed by atoms with Crippen LogP contribution in [0.3, 0.4) is 0 Å². The number of aromatic nitrogens is 1. The Labute approximate surface area is 65.0 Å². The molecule has 2 N–H and O–H groups in total. The fraction of sp³-hybridized carbons (Fsp3) is 0.571. The highest BCUT2D eigenvalue weighted by atomic mass is 16.5. The number of hydrogen-bond donors (Lipinski definition) is 1. The molecule has 0 spiro atoms. The molecule has 0 unspecified atom stereocenters. The van der Waals surface area contributed by atoms with Crippen molar-refractivity contribution in [3.05, 3.63) is 11.3 Å². The van der Waals surface area contributed by atoms with E-state index in [-0.39, 0.29) is 0 Å². The van der Waals surface area contributed by atoms with Gasteiger partial charge in [0, 0.05) is 18.7 Å². The van der Waals surface area contributed by atoms with Crippen LogP contribution in [0.4, 0.5) is 5.88 Å². The number of nitrogens with two attached hydrogens (primary N) is 1. The van der Waals surface area contributed by atoms with E-state index in [1.807, 2.05) is 0 Å². The Balaban J connectivity index is 2.36. The Morgan fingerprint density at radius 1 is 1.64 bits per heavy atom. The van der Waals surface area contributed by atoms with Crippen molar-refractivity contribution in [1.82, 2.24) is 10.1 Å². The average molecular weight is 153 g/mol. The molecule has 0 radical (unpaired) electrons. The first kappa shape index (κ1) is 6.67. The van der Waals surface area contributed by atoms with Crippen molar-refractivity contribution in [2.45, 2.75) is 13.0 Å². The van der Waals surface area contributed by atoms with E-state index >= 15 is 0 Å². The lowest BCUT2D eigenvalue weighted by molar-refractivity contribution is 0.302. The summed E-state index contributed by atoms with van der Waals surface area (Å²) in [5, 5.41) is 3.87. The quantitative estimate of drug-likeness (QED) is 0.580. The molecule has 1 aromatic rings. The van der Waals surface area contributed by atoms with Crippen molar-refractivity contribution in [2.75, 3.05) is 19.3 Å². The lowest BCUT2D eigenvalue weighted by Gasteiger charge is -2.19. The molecular weight excluding hydrogens is 142 g/mol. The second-order valence-electron chi connectivity index (χ2n) is 2.96. The SMILES string of the molecule is CN1CCc2c(noc2N)C1. The van der Waals surface area contributed by atoms with Crippen molar-refractivity contribution in [3.63, 3.8) is 0 Å². The molecule has 2 heterocycles. The van der Waals surface area contributed by atoms with E-state index in [0.29, 0.717) is 5.88 Å². The Kier molecular flexibility index (Phi) is 1.35. The predicted molar refractivity (Wildman–Crippen MR) is 41.0 cm³/mol. The van der Waals surface area contributed by atoms with E-state index in [1.165, 1.54) is 0 Å². The number of anilines is 1. The third kappa shape index (κ3) is 0.991. The summed E-state index contributed by atoms with van der Waals surface area (Å²) in [6.45, 7) is 1.90. The van der Waals surface area contributed by atoms with Crippen LogP contribution in [0.15, 0.2) is 4.52 Å². The molecular formula is C7H11N3O. The lowest BCUT2D eigenvalue weighted by Crippen LogP contribution is -2.26. The summed E-state index contributed by atoms with van der Waals surface area (Å²) in [6, 6.07) is 0. The Hall–Kier alpha value is -1.03. The molecule has 0 aromatic carbocycles. The van der Waals surface area contributed by atoms with Crippen LogP contribution < -0.4 is 5.73 Å². The summed E-state index contributed by atoms with van der Waals surface area (Å²) in [5.74, 6) is 0.494. The minimum Gasteiger partial charge on any atom is -0.367 e. The fourth-order valence-electron chi connectivity index (χ4n) is 1.39. The summed E-state index contributed by atoms with van der Waals surface area (Å²) in [5.41, 5.74) is 7.66. The van der Waals surface area contributed by atoms with Gasteiger partial charge in [0.25, 0.3) is 0 Å². The van der Waals surface area contributed by atoms with Gasteiger partial charge in [-0.2, -0.15) is 0 Å². The van der Waals surface area contributed by atoms with Gasteiger partial charge < -0.3 is 15.2 Å². The van der Waals surface area contributed by atoms with Gasteiger partial charge in [0.15, 0.2) is 0 Å². The van der Waals surface area contributed by atoms with E-state index in [0.717, 1.165) is 30.8 Å². The monoisotopic (exact) mass is 153 g/mol. The Morgan fingerprint density at radius 3 is 3.27 bits per heavy atom. The van der Waals surface area contributed by atoms with Gasteiger partial charge in [0.1, 0.15) is 5.69 Å². The number of fused-ring (bicyclic) bond motifs is 1. The number of nitrogen functional groups attached to an aromatic ring is 1. The normalized spacial score (nSPS) is 18.3. The summed E-state index contributed by atoms with van der Waals surface area (Å²) in [7, 11) is 2.06. The highest BCUT2D eigenvalue weighted by molar-refractivity contribution is 5.40. The van der Waals surface area contributed by atoms with Crippen LogP contribution in [0.25, 0.3) is 0 Å². The topological polar surface area (TPSA) is 55.3 Å². The maximum atomic E-state index is 5.56. The third-order valence-electron chi connectivity index (χ3n) is 2.06. The molecule has 0 bridgehead atoms. The summed E-state index contributed by atoms with van der Waals surface area (Å²) in [6.07, 6.45) is 0.959. The van der Waals surface area contributed by atoms with Crippen LogP contribution in [0.5, 0.6) is 0 Å². The highest BCUT2D eigenvalue weighted by Crippen LogP contribution is 2.21. The van der Waals surface area contributed by atoms with Crippen LogP contribution in [0, 0.1) is 0 Å². The van der Waals surface area contributed by atoms with E-state index in [2.05, 4.69) is 17.1 Å². The van der Waals surface area contributed by atoms with E-state index in [4.69, 9.17) is 10.3 Å². The van der Waals surface area contributed by atoms with Crippen LogP contribution in [-0.2, 0) is 13.0 Å². The van der Waals surface area contributed by atoms with Crippen LogP contribution >= 0.6 is 0 Å². The summed E-state index contributed by atoms with van der Waals surface area (Å²) in [4.78, 5) is 2.20. The van der Waals surface area contributed by atoms with Crippen molar-refractivity contribution in [2.24, 2.45) is 0 Å². The molecule has 0 atom stereocenters. The second-order valence-corrected chi connectivity index (χ2v) is 2.96. The molecule has 4 heteroatoms. The van der Waals surface area contributed by atoms with Gasteiger partial charge in [-0.25, -0.2) is 0 Å². The number of likely N-dealkylation sites (N-methyl/N-ethyl adjacent to an activating group) is 1. The van der Waals surface area contributed by atoms with Gasteiger partial charge >= 0.3 is 0 Å². The minimum absolute atomic E-state index is 0.494. The van der Waals surface area contributed by atoms with Crippen molar-refractivity contribution < 1.29 is 4.52 Å². The average Bonchev–Trinajstić information content (AvgIpc) is 2.32. The highest BCUT2D eigenvalue weighted by Gasteiger charge is 2.19. The zero-order valence-electron chi connectivity index (χ0n) is 6.50. The molecule has 1 aliphatic heterocycles. The summed E-state index contributed by atoms with van der Waals surface area (Å²) < 4.78 is 4.87. The molecule has 1 aliphatic rings. The molecule has 11 heavy (non-hydrogen) atoms. The molecule has 0 saturated carbocycles. The van der Waals surface area contributed by atoms with Crippen LogP contribution in [0.2, 0.25) is 0 Å². The van der Waals surface area contributed by atoms with Crippen molar-refractivity contribution in [3.8, 4) is 0 Å². The maximum Gasteiger partial charge on any atom is 0.225 e. The van der Waals surface area contributed by atoms with Crippen molar-refractivity contribution >= 4 is 5.88 Å². The largest absolute Gasteiger partial charge is 0.367 e. The molecule has 4 nitrogen and oxygen atoms in total. The van der Waals surface area contributed by atoms with E-state index in [1.54, 1.807) is 0 Å². The number of nitrogens with zero attached hydrogens (tertiary/aromatic N) is 2. The molecule has 1 aromatic heterocycles. The van der Waals surface area contributed by atoms with Crippen LogP contribution in [0.1, 0.15) is 11.3 Å². The maximum absolute atomic E-state index is 5.56. The van der Waals surface area contributed by atoms with Crippen molar-refractivity contribution in [1.29, 1.82) is 0 Å². The Bertz CT molecular complexity index is 269. The minimum atomic E-state index is 0.494. The first-order valence-electron chi connectivity index (χ1n) is 3.69. The van der Waals surface area contributed by atoms with Gasteiger partial charge in [-0.3, -0.25) is 0 Å². The molecule has 0 aliphatic carbocycles. The molecule has 2 rings (SSSR count). The smallest absolute Gasteiger partial charge is 0.225 e. The molecule has 0 amide bonds. The molecule has 60 valence electrons. The zero-order valence-corrected chi connectivity index (χ0v) is 6.50. The third-order valence-corrected chi connectivity index (χ3v) is 2.06. The number of rotatable bonds is 0. The summed E-state index contributed by atoms with van der Waals surface area (Å²) >= 11 is 0. The first-order valence-corrected chi connectivity index (χ1v) is 3.69. The van der Waals surface area contributed by atoms with Gasteiger partial charge in [-0.1, -0.05) is 5.16 Å². The van der Waals surface area contributed by atoms with E-state index in [9.17, 15) is 0 Å². The number of hydrogen-bond acceptors (Lipinski definition) is 4. The van der Waals surface area contributed by atoms with Crippen LogP contribution in [-0.4, -0.2) is 23.6 Å². The second kappa shape index (κ2) is 2.23. The standard InChI is InChI=1S/C7H11N3O/c1-10-3-2-5-6(4-10)9-11-7(5)8/h2-4,8H2,1H3. The van der Waals surface area contributed by atoms with Gasteiger partial charge in [-0.05, 0) is 13.5 Å². The fourth-order valence-corrected chi connectivity index (χ4v) is 1.39. The Morgan fingerprint density at radius 2 is 2.45 bits per heavy atom.